The van der Waals surface area contributed by atoms with E-state index in [1.807, 2.05) is 18.7 Å². The number of amides is 1. The summed E-state index contributed by atoms with van der Waals surface area (Å²) in [6.45, 7) is 8.33. The zero-order valence-corrected chi connectivity index (χ0v) is 17.6. The molecule has 2 heterocycles. The van der Waals surface area contributed by atoms with Gasteiger partial charge < -0.3 is 14.7 Å². The maximum Gasteiger partial charge on any atom is 0.341 e. The Bertz CT molecular complexity index is 904. The Balaban J connectivity index is 2.07. The van der Waals surface area contributed by atoms with Crippen molar-refractivity contribution < 1.29 is 31.8 Å². The van der Waals surface area contributed by atoms with Crippen LogP contribution in [0.3, 0.4) is 0 Å². The number of hydrogen-bond acceptors (Lipinski definition) is 6. The lowest BCUT2D eigenvalue weighted by Crippen LogP contribution is -2.59. The van der Waals surface area contributed by atoms with Gasteiger partial charge in [-0.1, -0.05) is 0 Å². The molecule has 2 aliphatic heterocycles. The van der Waals surface area contributed by atoms with Crippen molar-refractivity contribution in [3.05, 3.63) is 23.8 Å². The number of aliphatic hydroxyl groups is 1. The highest BCUT2D eigenvalue weighted by molar-refractivity contribution is 7.91. The molecule has 1 aromatic rings. The third kappa shape index (κ3) is 3.85. The van der Waals surface area contributed by atoms with E-state index >= 15 is 0 Å². The predicted octanol–water partition coefficient (Wildman–Crippen LogP) is 1.81. The molecule has 1 N–H and O–H groups in total. The molecule has 0 radical (unpaired) electrons. The average molecular weight is 432 g/mol. The van der Waals surface area contributed by atoms with Gasteiger partial charge in [-0.05, 0) is 45.9 Å². The number of benzene rings is 1. The van der Waals surface area contributed by atoms with Crippen molar-refractivity contribution >= 4 is 15.7 Å². The number of hydrogen-bond donors (Lipinski definition) is 1. The Hall–Kier alpha value is -1.78. The van der Waals surface area contributed by atoms with Crippen LogP contribution in [-0.2, 0) is 14.6 Å². The van der Waals surface area contributed by atoms with Gasteiger partial charge in [0.05, 0.1) is 17.5 Å². The normalized spacial score (nSPS) is 25.3. The summed E-state index contributed by atoms with van der Waals surface area (Å²) in [5.74, 6) is -3.53. The Kier molecular flexibility index (Phi) is 5.65. The number of carbonyl (C=O) groups is 1. The van der Waals surface area contributed by atoms with E-state index in [2.05, 4.69) is 0 Å². The second kappa shape index (κ2) is 7.48. The summed E-state index contributed by atoms with van der Waals surface area (Å²) in [4.78, 5) is 15.8. The highest BCUT2D eigenvalue weighted by atomic mass is 32.2. The van der Waals surface area contributed by atoms with Crippen LogP contribution in [0.5, 0.6) is 5.75 Å². The lowest BCUT2D eigenvalue weighted by atomic mass is 9.85. The van der Waals surface area contributed by atoms with E-state index in [9.17, 15) is 27.1 Å². The van der Waals surface area contributed by atoms with Crippen LogP contribution in [0.4, 0.5) is 8.78 Å². The number of fused-ring (bicyclic) bond motifs is 1. The molecule has 1 saturated heterocycles. The highest BCUT2D eigenvalue weighted by Gasteiger charge is 2.48. The zero-order chi connectivity index (χ0) is 21.7. The standard InChI is InChI=1S/C19H26F2N2O5S/c1-11(2)22-7-8-23(15(24)10-22)16-13-9-12(29(26,27)18(20)21)5-6-14(13)28-19(3,4)17(16)25/h5-6,9,11,16-18,25H,7-8,10H2,1-4H3/t16-,17+/m1/s1. The van der Waals surface area contributed by atoms with Gasteiger partial charge in [-0.3, -0.25) is 9.69 Å². The van der Waals surface area contributed by atoms with Crippen molar-refractivity contribution in [3.63, 3.8) is 0 Å². The molecule has 162 valence electrons. The largest absolute Gasteiger partial charge is 0.485 e. The van der Waals surface area contributed by atoms with Crippen LogP contribution in [0.15, 0.2) is 23.1 Å². The molecule has 3 rings (SSSR count). The van der Waals surface area contributed by atoms with Crippen LogP contribution in [-0.4, -0.2) is 72.4 Å². The summed E-state index contributed by atoms with van der Waals surface area (Å²) >= 11 is 0. The van der Waals surface area contributed by atoms with Crippen molar-refractivity contribution in [2.75, 3.05) is 19.6 Å². The minimum Gasteiger partial charge on any atom is -0.485 e. The molecule has 0 aliphatic carbocycles. The first-order chi connectivity index (χ1) is 13.4. The summed E-state index contributed by atoms with van der Waals surface area (Å²) in [7, 11) is -4.83. The van der Waals surface area contributed by atoms with Gasteiger partial charge in [-0.2, -0.15) is 8.78 Å². The van der Waals surface area contributed by atoms with Crippen molar-refractivity contribution in [3.8, 4) is 5.75 Å². The number of ether oxygens (including phenoxy) is 1. The van der Waals surface area contributed by atoms with Gasteiger partial charge in [0, 0.05) is 24.7 Å². The Morgan fingerprint density at radius 1 is 1.24 bits per heavy atom. The van der Waals surface area contributed by atoms with Crippen LogP contribution in [0, 0.1) is 0 Å². The molecule has 10 heteroatoms. The maximum atomic E-state index is 13.0. The number of halogens is 2. The first-order valence-corrected chi connectivity index (χ1v) is 11.0. The molecule has 2 aliphatic rings. The molecule has 1 amide bonds. The molecule has 29 heavy (non-hydrogen) atoms. The molecule has 1 fully saturated rings. The monoisotopic (exact) mass is 432 g/mol. The first kappa shape index (κ1) is 21.9. The van der Waals surface area contributed by atoms with Gasteiger partial charge in [0.1, 0.15) is 17.5 Å². The minimum atomic E-state index is -4.83. The van der Waals surface area contributed by atoms with Crippen LogP contribution in [0.25, 0.3) is 0 Å². The summed E-state index contributed by atoms with van der Waals surface area (Å²) in [5.41, 5.74) is -0.846. The van der Waals surface area contributed by atoms with Crippen molar-refractivity contribution in [1.82, 2.24) is 9.80 Å². The lowest BCUT2D eigenvalue weighted by molar-refractivity contribution is -0.151. The molecule has 2 atom stereocenters. The van der Waals surface area contributed by atoms with Crippen LogP contribution in [0.2, 0.25) is 0 Å². The van der Waals surface area contributed by atoms with Gasteiger partial charge >= 0.3 is 5.76 Å². The molecule has 0 unspecified atom stereocenters. The topological polar surface area (TPSA) is 87.2 Å². The molecule has 0 saturated carbocycles. The van der Waals surface area contributed by atoms with Crippen LogP contribution >= 0.6 is 0 Å². The van der Waals surface area contributed by atoms with Gasteiger partial charge in [-0.25, -0.2) is 8.42 Å². The minimum absolute atomic E-state index is 0.159. The molecule has 1 aromatic carbocycles. The van der Waals surface area contributed by atoms with Gasteiger partial charge in [-0.15, -0.1) is 0 Å². The fourth-order valence-corrected chi connectivity index (χ4v) is 4.56. The Labute approximate surface area is 169 Å². The van der Waals surface area contributed by atoms with Gasteiger partial charge in [0.25, 0.3) is 0 Å². The van der Waals surface area contributed by atoms with Crippen molar-refractivity contribution in [2.24, 2.45) is 0 Å². The number of carbonyl (C=O) groups excluding carboxylic acids is 1. The molecular weight excluding hydrogens is 406 g/mol. The highest BCUT2D eigenvalue weighted by Crippen LogP contribution is 2.44. The van der Waals surface area contributed by atoms with Crippen LogP contribution in [0.1, 0.15) is 39.3 Å². The lowest BCUT2D eigenvalue weighted by Gasteiger charge is -2.48. The van der Waals surface area contributed by atoms with E-state index < -0.39 is 38.2 Å². The van der Waals surface area contributed by atoms with E-state index in [4.69, 9.17) is 4.74 Å². The molecule has 7 nitrogen and oxygen atoms in total. The Morgan fingerprint density at radius 3 is 2.45 bits per heavy atom. The molecule has 0 spiro atoms. The zero-order valence-electron chi connectivity index (χ0n) is 16.8. The van der Waals surface area contributed by atoms with Crippen LogP contribution < -0.4 is 4.74 Å². The summed E-state index contributed by atoms with van der Waals surface area (Å²) in [6.07, 6.45) is -1.17. The second-order valence-electron chi connectivity index (χ2n) is 8.25. The van der Waals surface area contributed by atoms with Crippen molar-refractivity contribution in [2.45, 2.75) is 62.1 Å². The molecular formula is C19H26F2N2O5S. The molecule has 0 aromatic heterocycles. The predicted molar refractivity (Wildman–Crippen MR) is 102 cm³/mol. The number of sulfone groups is 1. The van der Waals surface area contributed by atoms with E-state index in [1.165, 1.54) is 11.0 Å². The van der Waals surface area contributed by atoms with E-state index in [0.29, 0.717) is 13.1 Å². The quantitative estimate of drug-likeness (QED) is 0.781. The van der Waals surface area contributed by atoms with E-state index in [0.717, 1.165) is 12.1 Å². The van der Waals surface area contributed by atoms with E-state index in [1.54, 1.807) is 13.8 Å². The summed E-state index contributed by atoms with van der Waals surface area (Å²) < 4.78 is 55.7. The first-order valence-electron chi connectivity index (χ1n) is 9.43. The number of nitrogens with zero attached hydrogens (tertiary/aromatic N) is 2. The van der Waals surface area contributed by atoms with Gasteiger partial charge in [0.15, 0.2) is 0 Å². The fourth-order valence-electron chi connectivity index (χ4n) is 3.80. The summed E-state index contributed by atoms with van der Waals surface area (Å²) in [6, 6.07) is 2.72. The Morgan fingerprint density at radius 2 is 1.90 bits per heavy atom. The average Bonchev–Trinajstić information content (AvgIpc) is 2.62. The number of piperazine rings is 1. The third-order valence-corrected chi connectivity index (χ3v) is 6.98. The SMILES string of the molecule is CC(C)N1CCN([C@@H]2c3cc(S(=O)(=O)C(F)F)ccc3OC(C)(C)[C@H]2O)C(=O)C1. The van der Waals surface area contributed by atoms with Gasteiger partial charge in [0.2, 0.25) is 15.7 Å². The smallest absolute Gasteiger partial charge is 0.341 e. The maximum absolute atomic E-state index is 13.0. The molecule has 0 bridgehead atoms. The number of rotatable bonds is 4. The summed E-state index contributed by atoms with van der Waals surface area (Å²) in [5, 5.41) is 11.0. The second-order valence-corrected chi connectivity index (χ2v) is 10.2. The fraction of sp³-hybridized carbons (Fsp3) is 0.632. The van der Waals surface area contributed by atoms with E-state index in [-0.39, 0.29) is 29.8 Å². The number of aliphatic hydroxyl groups excluding tert-OH is 1. The van der Waals surface area contributed by atoms with Crippen molar-refractivity contribution in [1.29, 1.82) is 0 Å². The number of alkyl halides is 2. The third-order valence-electron chi connectivity index (χ3n) is 5.60.